The van der Waals surface area contributed by atoms with Crippen LogP contribution in [0, 0.1) is 50.0 Å². The van der Waals surface area contributed by atoms with E-state index in [0.29, 0.717) is 82.1 Å². The molecule has 0 aliphatic heterocycles. The van der Waals surface area contributed by atoms with Crippen LogP contribution in [0.5, 0.6) is 0 Å². The van der Waals surface area contributed by atoms with Crippen LogP contribution in [0.2, 0.25) is 20.1 Å². The first kappa shape index (κ1) is 87.5. The molecule has 89 heavy (non-hydrogen) atoms. The number of hydrogen-bond donors (Lipinski definition) is 3. The van der Waals surface area contributed by atoms with Crippen LogP contribution < -0.4 is 72.9 Å². The predicted molar refractivity (Wildman–Crippen MR) is 353 cm³/mol. The van der Waals surface area contributed by atoms with E-state index in [2.05, 4.69) is 50.8 Å². The Labute approximate surface area is 584 Å². The van der Waals surface area contributed by atoms with Gasteiger partial charge < -0.3 is 33.4 Å². The van der Waals surface area contributed by atoms with E-state index >= 15 is 0 Å². The minimum Gasteiger partial charge on any atom is -0.648 e. The number of aryl methyl sites for hydroxylation is 3. The molecule has 7 aromatic rings. The number of anilines is 3. The number of carbonyl (C=O) groups is 6. The Morgan fingerprint density at radius 1 is 0.584 bits per heavy atom. The molecule has 0 unspecified atom stereocenters. The summed E-state index contributed by atoms with van der Waals surface area (Å²) in [5, 5.41) is 12.9. The third kappa shape index (κ3) is 31.2. The van der Waals surface area contributed by atoms with Crippen molar-refractivity contribution in [3.8, 4) is 0 Å². The van der Waals surface area contributed by atoms with Crippen molar-refractivity contribution < 1.29 is 90.2 Å². The topological polar surface area (TPSA) is 218 Å². The van der Waals surface area contributed by atoms with Gasteiger partial charge in [0.15, 0.2) is 11.6 Å². The summed E-state index contributed by atoms with van der Waals surface area (Å²) in [6, 6.07) is 34.9. The van der Waals surface area contributed by atoms with Crippen molar-refractivity contribution in [3.05, 3.63) is 217 Å². The second kappa shape index (κ2) is 42.3. The van der Waals surface area contributed by atoms with Crippen molar-refractivity contribution in [1.29, 1.82) is 0 Å². The maximum atomic E-state index is 12.8. The molecule has 0 fully saturated rings. The monoisotopic (exact) mass is 1270 g/mol. The first-order valence-electron chi connectivity index (χ1n) is 26.8. The summed E-state index contributed by atoms with van der Waals surface area (Å²) in [6.07, 6.45) is 7.21. The molecule has 3 heterocycles. The summed E-state index contributed by atoms with van der Waals surface area (Å²) in [6.45, 7) is 27.6. The summed E-state index contributed by atoms with van der Waals surface area (Å²) in [5.74, 6) is -0.890. The van der Waals surface area contributed by atoms with Crippen molar-refractivity contribution in [1.82, 2.24) is 20.0 Å². The average Bonchev–Trinajstić information content (AvgIpc) is 3.54. The van der Waals surface area contributed by atoms with Crippen LogP contribution in [0.25, 0.3) is 5.32 Å². The van der Waals surface area contributed by atoms with Crippen molar-refractivity contribution in [3.63, 3.8) is 0 Å². The molecule has 0 radical (unpaired) electrons. The Balaban J connectivity index is -0.00000103. The van der Waals surface area contributed by atoms with Gasteiger partial charge >= 0.3 is 56.6 Å². The van der Waals surface area contributed by atoms with Gasteiger partial charge in [0, 0.05) is 102 Å². The third-order valence-electron chi connectivity index (χ3n) is 11.5. The zero-order valence-electron chi connectivity index (χ0n) is 54.0. The number of ketones is 2. The van der Waals surface area contributed by atoms with Gasteiger partial charge in [0.2, 0.25) is 11.8 Å². The van der Waals surface area contributed by atoms with E-state index in [1.165, 1.54) is 18.6 Å². The predicted octanol–water partition coefficient (Wildman–Crippen LogP) is 8.45. The summed E-state index contributed by atoms with van der Waals surface area (Å²) < 4.78 is 0. The molecule has 3 aromatic heterocycles. The number of nitrogens with two attached hydrogens (primary N) is 1. The largest absolute Gasteiger partial charge is 1.00 e. The number of amides is 4. The minimum atomic E-state index is -0.565. The molecule has 462 valence electrons. The number of halogens is 4. The molecule has 0 spiro atoms. The van der Waals surface area contributed by atoms with E-state index in [-0.39, 0.29) is 105 Å². The SMILES string of the molecule is C.CC(C)(C)C(=O)Nc1ccc(Cl)cc1.CC(C)(C)C(=O)[N-]c1[c-]cc(Cl)cc1.CON(C)C(=O)c1cccnc1C.Cc1ncccc1C(=O)c1cc(Cl)ccc1N.Cc1ncccc1C(=O)c1cc(Cl)ccc1NC(=O)C(C)(C)C.[CH2-]CCC.[Li+].[Li+].[Li+]. The smallest absolute Gasteiger partial charge is 0.648 e. The van der Waals surface area contributed by atoms with Crippen LogP contribution in [0.1, 0.15) is 149 Å². The van der Waals surface area contributed by atoms with E-state index in [0.717, 1.165) is 12.1 Å². The number of pyridine rings is 3. The summed E-state index contributed by atoms with van der Waals surface area (Å²) in [7, 11) is 3.01. The Hall–Kier alpha value is -5.74. The number of rotatable bonds is 10. The second-order valence-corrected chi connectivity index (χ2v) is 23.5. The molecule has 4 aromatic carbocycles. The number of hydrogen-bond acceptors (Lipinski definition) is 11. The molecule has 0 aliphatic carbocycles. The molecule has 4 N–H and O–H groups in total. The number of nitrogen functional groups attached to an aromatic ring is 1. The van der Waals surface area contributed by atoms with Gasteiger partial charge in [0.1, 0.15) is 0 Å². The van der Waals surface area contributed by atoms with E-state index in [1.807, 2.05) is 62.3 Å². The molecule has 0 saturated carbocycles. The molecule has 0 aliphatic rings. The minimum absolute atomic E-state index is 0. The normalized spacial score (nSPS) is 10.1. The molecular formula is C67H81Cl4Li3N8O7. The summed E-state index contributed by atoms with van der Waals surface area (Å²) in [4.78, 5) is 89.0. The fourth-order valence-corrected chi connectivity index (χ4v) is 6.73. The number of benzene rings is 4. The van der Waals surface area contributed by atoms with Gasteiger partial charge in [0.25, 0.3) is 5.91 Å². The molecule has 7 rings (SSSR count). The maximum Gasteiger partial charge on any atom is 1.00 e. The van der Waals surface area contributed by atoms with E-state index in [1.54, 1.807) is 162 Å². The van der Waals surface area contributed by atoms with Gasteiger partial charge in [-0.3, -0.25) is 49.4 Å². The number of nitrogens with zero attached hydrogens (tertiary/aromatic N) is 5. The van der Waals surface area contributed by atoms with Crippen LogP contribution in [-0.2, 0) is 19.2 Å². The van der Waals surface area contributed by atoms with Crippen LogP contribution in [0.15, 0.2) is 134 Å². The van der Waals surface area contributed by atoms with Crippen LogP contribution >= 0.6 is 46.4 Å². The Bertz CT molecular complexity index is 3290. The molecule has 0 saturated heterocycles. The van der Waals surface area contributed by atoms with Crippen molar-refractivity contribution in [2.24, 2.45) is 16.2 Å². The van der Waals surface area contributed by atoms with E-state index in [9.17, 15) is 28.8 Å². The number of nitrogens with one attached hydrogen (secondary N) is 2. The molecule has 0 atom stereocenters. The van der Waals surface area contributed by atoms with E-state index < -0.39 is 10.8 Å². The summed E-state index contributed by atoms with van der Waals surface area (Å²) in [5.41, 5.74) is 10.9. The number of unbranched alkanes of at least 4 members (excludes halogenated alkanes) is 1. The van der Waals surface area contributed by atoms with Crippen LogP contribution in [-0.4, -0.2) is 69.4 Å². The third-order valence-corrected chi connectivity index (χ3v) is 12.4. The number of hydroxylamine groups is 2. The van der Waals surface area contributed by atoms with Crippen LogP contribution in [0.4, 0.5) is 22.7 Å². The van der Waals surface area contributed by atoms with Crippen molar-refractivity contribution >= 4 is 104 Å². The van der Waals surface area contributed by atoms with Gasteiger partial charge in [-0.15, -0.1) is 0 Å². The Kier molecular flexibility index (Phi) is 41.6. The Morgan fingerprint density at radius 2 is 0.989 bits per heavy atom. The number of aromatic nitrogens is 3. The molecule has 15 nitrogen and oxygen atoms in total. The maximum absolute atomic E-state index is 12.8. The van der Waals surface area contributed by atoms with Crippen molar-refractivity contribution in [2.45, 2.75) is 110 Å². The van der Waals surface area contributed by atoms with Crippen molar-refractivity contribution in [2.75, 3.05) is 30.5 Å². The van der Waals surface area contributed by atoms with Crippen LogP contribution in [0.3, 0.4) is 0 Å². The standard InChI is InChI=1S/C18H19ClN2O2.C13H11ClN2O.C11H14ClNO.C11H13ClNO.C9H12N2O2.C4H9.CH4.3Li/c1-11-13(6-5-9-20-11)16(22)14-10-12(19)7-8-15(14)21-17(23)18(2,3)4;1-8-10(3-2-6-16-8)13(17)11-7-9(14)4-5-12(11)15;2*1-11(2,3)10(14)13-9-6-4-8(12)5-7-9;1-7-8(5-4-6-10-7)9(12)11(2)13-3;1-3-4-2;;;;/h5-10H,1-4H3,(H,21,23);2-7H,15H2,1H3;4-7H,1-3H3,(H,13,14);4-6H,1-3H3,(H,13,14);4-6H,1-3H3;1,3-4H2,2H3;1H4;;;/q;;;-1;;-1;;3*+1/p-1. The number of carbonyl (C=O) groups excluding carboxylic acids is 6. The Morgan fingerprint density at radius 3 is 1.39 bits per heavy atom. The average molecular weight is 1270 g/mol. The second-order valence-electron chi connectivity index (χ2n) is 21.8. The fraction of sp³-hybridized carbons (Fsp3) is 0.313. The van der Waals surface area contributed by atoms with E-state index in [4.69, 9.17) is 57.0 Å². The zero-order chi connectivity index (χ0) is 64.4. The molecule has 22 heteroatoms. The van der Waals surface area contributed by atoms with Gasteiger partial charge in [-0.2, -0.15) is 42.3 Å². The summed E-state index contributed by atoms with van der Waals surface area (Å²) >= 11 is 23.3. The molecule has 0 bridgehead atoms. The van der Waals surface area contributed by atoms with Gasteiger partial charge in [0.05, 0.1) is 30.0 Å². The molecular weight excluding hydrogens is 1190 g/mol. The quantitative estimate of drug-likeness (QED) is 0.0388. The van der Waals surface area contributed by atoms with Gasteiger partial charge in [-0.1, -0.05) is 123 Å². The first-order valence-corrected chi connectivity index (χ1v) is 28.3. The first-order chi connectivity index (χ1) is 39.7. The zero-order valence-corrected chi connectivity index (χ0v) is 57.0. The van der Waals surface area contributed by atoms with Gasteiger partial charge in [-0.25, -0.2) is 5.06 Å². The molecule has 4 amide bonds. The fourth-order valence-electron chi connectivity index (χ4n) is 6.15. The van der Waals surface area contributed by atoms with Gasteiger partial charge in [-0.05, 0) is 118 Å².